The number of fused-ring (bicyclic) bond motifs is 2. The number of oxime groups is 1. The number of carboxylic acids is 1. The Kier molecular flexibility index (Phi) is 5.90. The molecule has 0 bridgehead atoms. The Balaban J connectivity index is 1.38. The highest BCUT2D eigenvalue weighted by molar-refractivity contribution is 8.00. The molecule has 1 fully saturated rings. The molecular formula is C21H18N6O6S2. The third-order valence-electron chi connectivity index (χ3n) is 5.55. The number of thioether (sulfide) groups is 1. The Morgan fingerprint density at radius 1 is 1.46 bits per heavy atom. The molecule has 0 aromatic carbocycles. The summed E-state index contributed by atoms with van der Waals surface area (Å²) in [5.74, 6) is -2.38. The van der Waals surface area contributed by atoms with Crippen molar-refractivity contribution in [2.24, 2.45) is 5.16 Å². The van der Waals surface area contributed by atoms with Gasteiger partial charge in [-0.2, -0.15) is 4.57 Å². The lowest BCUT2D eigenvalue weighted by Gasteiger charge is -2.50. The summed E-state index contributed by atoms with van der Waals surface area (Å²) in [5.41, 5.74) is 7.47. The summed E-state index contributed by atoms with van der Waals surface area (Å²) in [4.78, 5) is 47.8. The number of nitrogen functional groups attached to an aromatic ring is 1. The van der Waals surface area contributed by atoms with Gasteiger partial charge in [-0.05, 0) is 6.07 Å². The minimum Gasteiger partial charge on any atom is -0.543 e. The van der Waals surface area contributed by atoms with Crippen LogP contribution in [0.4, 0.5) is 5.13 Å². The van der Waals surface area contributed by atoms with E-state index in [-0.39, 0.29) is 28.8 Å². The molecule has 35 heavy (non-hydrogen) atoms. The molecule has 2 amide bonds. The first-order valence-corrected chi connectivity index (χ1v) is 12.2. The van der Waals surface area contributed by atoms with Crippen LogP contribution in [0.3, 0.4) is 0 Å². The fraction of sp³-hybridized carbons (Fsp3) is 0.238. The summed E-state index contributed by atoms with van der Waals surface area (Å²) >= 11 is 2.47. The standard InChI is InChI=1S/C21H18N6O6S2/c1-32-25-14(11-9-35-21(22)23-11)17(28)24-15-18(29)27-16(20(30)31)10(8-34-19(15)27)7-26-5-2-3-13-12(26)4-6-33-13/h2-6,9,15,19H,7-8H2,1H3,(H3-,22,23,24,28,30,31)/b25-14-/t15?,19-/m1/s1. The van der Waals surface area contributed by atoms with Gasteiger partial charge in [0.25, 0.3) is 17.3 Å². The summed E-state index contributed by atoms with van der Waals surface area (Å²) < 4.78 is 7.25. The Labute approximate surface area is 206 Å². The number of amides is 2. The summed E-state index contributed by atoms with van der Waals surface area (Å²) in [5, 5.41) is 19.6. The van der Waals surface area contributed by atoms with Crippen molar-refractivity contribution >= 4 is 62.8 Å². The van der Waals surface area contributed by atoms with Crippen molar-refractivity contribution < 1.29 is 33.3 Å². The van der Waals surface area contributed by atoms with E-state index in [0.29, 0.717) is 16.9 Å². The molecular weight excluding hydrogens is 496 g/mol. The molecule has 3 aromatic rings. The van der Waals surface area contributed by atoms with E-state index < -0.39 is 29.2 Å². The highest BCUT2D eigenvalue weighted by Gasteiger charge is 2.53. The van der Waals surface area contributed by atoms with Crippen molar-refractivity contribution in [3.63, 3.8) is 0 Å². The van der Waals surface area contributed by atoms with Crippen molar-refractivity contribution in [3.05, 3.63) is 53.0 Å². The van der Waals surface area contributed by atoms with Crippen LogP contribution in [0, 0.1) is 0 Å². The van der Waals surface area contributed by atoms with Gasteiger partial charge in [-0.1, -0.05) is 5.16 Å². The van der Waals surface area contributed by atoms with E-state index in [0.717, 1.165) is 21.8 Å². The number of pyridine rings is 1. The van der Waals surface area contributed by atoms with Gasteiger partial charge in [0.15, 0.2) is 29.2 Å². The molecule has 180 valence electrons. The maximum absolute atomic E-state index is 13.0. The topological polar surface area (TPSA) is 167 Å². The highest BCUT2D eigenvalue weighted by atomic mass is 32.2. The van der Waals surface area contributed by atoms with Gasteiger partial charge in [0.1, 0.15) is 24.2 Å². The smallest absolute Gasteiger partial charge is 0.276 e. The molecule has 0 saturated carbocycles. The van der Waals surface area contributed by atoms with E-state index >= 15 is 0 Å². The molecule has 2 atom stereocenters. The van der Waals surface area contributed by atoms with Crippen LogP contribution in [0.15, 0.2) is 56.9 Å². The van der Waals surface area contributed by atoms with Crippen LogP contribution in [0.2, 0.25) is 0 Å². The van der Waals surface area contributed by atoms with E-state index in [9.17, 15) is 19.5 Å². The van der Waals surface area contributed by atoms with E-state index in [1.54, 1.807) is 36.0 Å². The summed E-state index contributed by atoms with van der Waals surface area (Å²) in [7, 11) is 1.27. The number of nitrogens with two attached hydrogens (primary N) is 1. The number of carbonyl (C=O) groups is 3. The fourth-order valence-electron chi connectivity index (χ4n) is 4.03. The van der Waals surface area contributed by atoms with Gasteiger partial charge >= 0.3 is 0 Å². The Hall–Kier alpha value is -3.91. The second-order valence-corrected chi connectivity index (χ2v) is 9.59. The van der Waals surface area contributed by atoms with Crippen molar-refractivity contribution in [2.75, 3.05) is 18.6 Å². The largest absolute Gasteiger partial charge is 0.543 e. The first-order chi connectivity index (χ1) is 16.9. The maximum atomic E-state index is 13.0. The van der Waals surface area contributed by atoms with Gasteiger partial charge < -0.3 is 30.2 Å². The molecule has 5 rings (SSSR count). The molecule has 0 spiro atoms. The predicted octanol–water partition coefficient (Wildman–Crippen LogP) is -0.786. The summed E-state index contributed by atoms with van der Waals surface area (Å²) in [6, 6.07) is 4.42. The molecule has 0 aliphatic carbocycles. The Morgan fingerprint density at radius 2 is 2.29 bits per heavy atom. The first kappa shape index (κ1) is 22.9. The number of nitrogens with zero attached hydrogens (tertiary/aromatic N) is 4. The second kappa shape index (κ2) is 9.03. The molecule has 1 unspecified atom stereocenters. The van der Waals surface area contributed by atoms with E-state index in [1.807, 2.05) is 4.57 Å². The highest BCUT2D eigenvalue weighted by Crippen LogP contribution is 2.40. The average molecular weight is 515 g/mol. The van der Waals surface area contributed by atoms with Crippen molar-refractivity contribution in [1.29, 1.82) is 0 Å². The fourth-order valence-corrected chi connectivity index (χ4v) is 5.91. The number of furan rings is 1. The van der Waals surface area contributed by atoms with Gasteiger partial charge in [-0.25, -0.2) is 4.98 Å². The maximum Gasteiger partial charge on any atom is 0.276 e. The number of thiazole rings is 1. The molecule has 0 radical (unpaired) electrons. The van der Waals surface area contributed by atoms with Gasteiger partial charge in [0.2, 0.25) is 0 Å². The van der Waals surface area contributed by atoms with E-state index in [4.69, 9.17) is 15.0 Å². The Bertz CT molecular complexity index is 1410. The molecule has 1 saturated heterocycles. The summed E-state index contributed by atoms with van der Waals surface area (Å²) in [6.07, 6.45) is 3.35. The number of aromatic nitrogens is 2. The molecule has 2 aliphatic heterocycles. The number of β-lactam (4-membered cyclic amide) rings is 1. The number of aliphatic carboxylic acids is 1. The third-order valence-corrected chi connectivity index (χ3v) is 7.56. The van der Waals surface area contributed by atoms with Crippen LogP contribution in [-0.4, -0.2) is 57.7 Å². The van der Waals surface area contributed by atoms with E-state index in [2.05, 4.69) is 15.5 Å². The predicted molar refractivity (Wildman–Crippen MR) is 124 cm³/mol. The number of anilines is 1. The molecule has 2 aliphatic rings. The van der Waals surface area contributed by atoms with E-state index in [1.165, 1.54) is 18.9 Å². The third kappa shape index (κ3) is 4.00. The SMILES string of the molecule is CO/N=C(\C(=O)NC1C(=O)N2C(C(=O)[O-])=C(C[n+]3cccc4occc43)CS[C@H]12)c1csc(N)n1. The number of carbonyl (C=O) groups excluding carboxylic acids is 3. The number of rotatable bonds is 7. The molecule has 5 heterocycles. The molecule has 3 N–H and O–H groups in total. The van der Waals surface area contributed by atoms with Crippen LogP contribution in [0.5, 0.6) is 0 Å². The quantitative estimate of drug-likeness (QED) is 0.178. The van der Waals surface area contributed by atoms with Crippen LogP contribution in [0.25, 0.3) is 11.1 Å². The summed E-state index contributed by atoms with van der Waals surface area (Å²) in [6.45, 7) is 0.233. The molecule has 12 nitrogen and oxygen atoms in total. The monoisotopic (exact) mass is 514 g/mol. The molecule has 3 aromatic heterocycles. The van der Waals surface area contributed by atoms with Gasteiger partial charge in [-0.15, -0.1) is 23.1 Å². The minimum absolute atomic E-state index is 0.145. The number of hydrogen-bond acceptors (Lipinski definition) is 11. The van der Waals surface area contributed by atoms with Gasteiger partial charge in [0.05, 0.1) is 17.9 Å². The number of nitrogens with one attached hydrogen (secondary N) is 1. The van der Waals surface area contributed by atoms with Crippen molar-refractivity contribution in [3.8, 4) is 0 Å². The lowest BCUT2D eigenvalue weighted by atomic mass is 10.0. The van der Waals surface area contributed by atoms with Crippen molar-refractivity contribution in [1.82, 2.24) is 15.2 Å². The van der Waals surface area contributed by atoms with Gasteiger partial charge in [0, 0.05) is 28.8 Å². The lowest BCUT2D eigenvalue weighted by molar-refractivity contribution is -0.663. The second-order valence-electron chi connectivity index (χ2n) is 7.60. The average Bonchev–Trinajstić information content (AvgIpc) is 3.49. The van der Waals surface area contributed by atoms with Crippen molar-refractivity contribution in [2.45, 2.75) is 18.0 Å². The zero-order valence-corrected chi connectivity index (χ0v) is 19.8. The van der Waals surface area contributed by atoms with Crippen LogP contribution in [-0.2, 0) is 25.8 Å². The molecule has 14 heteroatoms. The van der Waals surface area contributed by atoms with Gasteiger partial charge in [-0.3, -0.25) is 14.5 Å². The number of hydrogen-bond donors (Lipinski definition) is 2. The minimum atomic E-state index is -1.46. The van der Waals surface area contributed by atoms with Crippen LogP contribution < -0.4 is 20.7 Å². The van der Waals surface area contributed by atoms with Crippen LogP contribution >= 0.6 is 23.1 Å². The zero-order valence-electron chi connectivity index (χ0n) is 18.2. The normalized spacial score (nSPS) is 20.0. The Morgan fingerprint density at radius 3 is 3.00 bits per heavy atom. The number of carboxylic acid groups (broad SMARTS) is 1. The zero-order chi connectivity index (χ0) is 24.7. The first-order valence-electron chi connectivity index (χ1n) is 10.3. The lowest BCUT2D eigenvalue weighted by Crippen LogP contribution is -2.71. The van der Waals surface area contributed by atoms with Crippen LogP contribution in [0.1, 0.15) is 5.69 Å².